The number of hydrogen-bond donors (Lipinski definition) is 3. The Labute approximate surface area is 220 Å². The summed E-state index contributed by atoms with van der Waals surface area (Å²) in [7, 11) is 0. The van der Waals surface area contributed by atoms with Crippen molar-refractivity contribution in [1.29, 1.82) is 0 Å². The second-order valence-electron chi connectivity index (χ2n) is 7.80. The Morgan fingerprint density at radius 1 is 0.889 bits per heavy atom. The van der Waals surface area contributed by atoms with Gasteiger partial charge in [0.1, 0.15) is 11.4 Å². The molecule has 3 aromatic carbocycles. The van der Waals surface area contributed by atoms with E-state index in [1.165, 1.54) is 4.68 Å². The molecule has 0 radical (unpaired) electrons. The number of nitrogens with zero attached hydrogens (tertiary/aromatic N) is 1. The molecule has 1 heterocycles. The minimum atomic E-state index is -0.942. The third-order valence-electron chi connectivity index (χ3n) is 5.10. The van der Waals surface area contributed by atoms with Crippen molar-refractivity contribution >= 4 is 67.5 Å². The average Bonchev–Trinajstić information content (AvgIpc) is 3.22. The molecule has 0 saturated heterocycles. The maximum Gasteiger partial charge on any atom is 0.328 e. The Hall–Kier alpha value is -3.82. The zero-order chi connectivity index (χ0) is 25.7. The molecule has 36 heavy (non-hydrogen) atoms. The van der Waals surface area contributed by atoms with E-state index in [-0.39, 0.29) is 5.69 Å². The van der Waals surface area contributed by atoms with Crippen LogP contribution in [0.25, 0.3) is 10.9 Å². The van der Waals surface area contributed by atoms with Crippen LogP contribution in [0, 0.1) is 0 Å². The third kappa shape index (κ3) is 6.05. The molecule has 1 aromatic heterocycles. The molecule has 0 aliphatic rings. The van der Waals surface area contributed by atoms with Crippen LogP contribution in [-0.2, 0) is 9.59 Å². The summed E-state index contributed by atoms with van der Waals surface area (Å²) < 4.78 is 7.61. The Kier molecular flexibility index (Phi) is 7.92. The normalized spacial score (nSPS) is 10.6. The first-order chi connectivity index (χ1) is 17.3. The Morgan fingerprint density at radius 3 is 2.25 bits per heavy atom. The third-order valence-corrected chi connectivity index (χ3v) is 5.85. The molecule has 8 nitrogen and oxygen atoms in total. The number of halogens is 2. The summed E-state index contributed by atoms with van der Waals surface area (Å²) in [5.74, 6) is -1.64. The first-order valence-corrected chi connectivity index (χ1v) is 12.2. The SMILES string of the molecule is CCCOc1ccc(NC(=O)C(=O)Nn2c(C(=O)Nc3ccc(Cl)cc3)cc3cc(Br)ccc32)cc1. The molecule has 184 valence electrons. The summed E-state index contributed by atoms with van der Waals surface area (Å²) in [5.41, 5.74) is 4.16. The second-order valence-corrected chi connectivity index (χ2v) is 9.15. The van der Waals surface area contributed by atoms with Crippen LogP contribution in [0.2, 0.25) is 5.02 Å². The molecular weight excluding hydrogens is 548 g/mol. The smallest absolute Gasteiger partial charge is 0.328 e. The van der Waals surface area contributed by atoms with Crippen LogP contribution in [0.1, 0.15) is 23.8 Å². The van der Waals surface area contributed by atoms with E-state index < -0.39 is 17.7 Å². The summed E-state index contributed by atoms with van der Waals surface area (Å²) in [4.78, 5) is 38.5. The van der Waals surface area contributed by atoms with Gasteiger partial charge in [-0.15, -0.1) is 0 Å². The number of amides is 3. The molecule has 0 bridgehead atoms. The van der Waals surface area contributed by atoms with E-state index in [0.717, 1.165) is 10.9 Å². The largest absolute Gasteiger partial charge is 0.494 e. The summed E-state index contributed by atoms with van der Waals surface area (Å²) in [5, 5.41) is 6.54. The minimum absolute atomic E-state index is 0.136. The molecule has 0 spiro atoms. The highest BCUT2D eigenvalue weighted by Crippen LogP contribution is 2.24. The van der Waals surface area contributed by atoms with Gasteiger partial charge in [-0.3, -0.25) is 19.8 Å². The Morgan fingerprint density at radius 2 is 1.56 bits per heavy atom. The van der Waals surface area contributed by atoms with E-state index >= 15 is 0 Å². The first kappa shape index (κ1) is 25.3. The molecule has 0 aliphatic heterocycles. The Balaban J connectivity index is 1.54. The van der Waals surface area contributed by atoms with Crippen molar-refractivity contribution in [2.75, 3.05) is 22.7 Å². The van der Waals surface area contributed by atoms with Gasteiger partial charge in [0.2, 0.25) is 0 Å². The van der Waals surface area contributed by atoms with Crippen LogP contribution in [0.3, 0.4) is 0 Å². The number of carbonyl (C=O) groups excluding carboxylic acids is 3. The van der Waals surface area contributed by atoms with Gasteiger partial charge < -0.3 is 15.4 Å². The van der Waals surface area contributed by atoms with Crippen LogP contribution in [-0.4, -0.2) is 29.0 Å². The number of fused-ring (bicyclic) bond motifs is 1. The quantitative estimate of drug-likeness (QED) is 0.245. The van der Waals surface area contributed by atoms with Gasteiger partial charge in [-0.05, 0) is 79.2 Å². The van der Waals surface area contributed by atoms with Crippen molar-refractivity contribution in [2.24, 2.45) is 0 Å². The highest BCUT2D eigenvalue weighted by Gasteiger charge is 2.21. The molecular formula is C26H22BrClN4O4. The molecule has 4 aromatic rings. The van der Waals surface area contributed by atoms with Crippen LogP contribution in [0.5, 0.6) is 5.75 Å². The molecule has 3 N–H and O–H groups in total. The van der Waals surface area contributed by atoms with Crippen molar-refractivity contribution in [3.05, 3.63) is 88.0 Å². The lowest BCUT2D eigenvalue weighted by Gasteiger charge is -2.13. The number of rotatable bonds is 7. The first-order valence-electron chi connectivity index (χ1n) is 11.1. The molecule has 3 amide bonds. The maximum absolute atomic E-state index is 13.1. The van der Waals surface area contributed by atoms with Gasteiger partial charge in [-0.2, -0.15) is 0 Å². The molecule has 0 fully saturated rings. The van der Waals surface area contributed by atoms with Crippen molar-refractivity contribution in [3.63, 3.8) is 0 Å². The topological polar surface area (TPSA) is 101 Å². The van der Waals surface area contributed by atoms with Gasteiger partial charge in [-0.25, -0.2) is 4.68 Å². The van der Waals surface area contributed by atoms with Gasteiger partial charge in [0, 0.05) is 26.3 Å². The number of carbonyl (C=O) groups is 3. The maximum atomic E-state index is 13.1. The van der Waals surface area contributed by atoms with E-state index in [2.05, 4.69) is 32.0 Å². The van der Waals surface area contributed by atoms with Crippen LogP contribution in [0.4, 0.5) is 11.4 Å². The fraction of sp³-hybridized carbons (Fsp3) is 0.115. The monoisotopic (exact) mass is 568 g/mol. The minimum Gasteiger partial charge on any atom is -0.494 e. The lowest BCUT2D eigenvalue weighted by atomic mass is 10.2. The highest BCUT2D eigenvalue weighted by atomic mass is 79.9. The second kappa shape index (κ2) is 11.3. The fourth-order valence-corrected chi connectivity index (χ4v) is 3.90. The summed E-state index contributed by atoms with van der Waals surface area (Å²) in [6.07, 6.45) is 0.878. The lowest BCUT2D eigenvalue weighted by molar-refractivity contribution is -0.133. The van der Waals surface area contributed by atoms with Gasteiger partial charge >= 0.3 is 11.8 Å². The highest BCUT2D eigenvalue weighted by molar-refractivity contribution is 9.10. The van der Waals surface area contributed by atoms with Crippen LogP contribution >= 0.6 is 27.5 Å². The van der Waals surface area contributed by atoms with Gasteiger partial charge in [-0.1, -0.05) is 34.5 Å². The van der Waals surface area contributed by atoms with E-state index in [4.69, 9.17) is 16.3 Å². The zero-order valence-electron chi connectivity index (χ0n) is 19.2. The van der Waals surface area contributed by atoms with Gasteiger partial charge in [0.25, 0.3) is 5.91 Å². The van der Waals surface area contributed by atoms with E-state index in [9.17, 15) is 14.4 Å². The summed E-state index contributed by atoms with van der Waals surface area (Å²) >= 11 is 9.33. The Bertz CT molecular complexity index is 1420. The van der Waals surface area contributed by atoms with Crippen LogP contribution < -0.4 is 20.8 Å². The molecule has 0 atom stereocenters. The molecule has 0 saturated carbocycles. The number of anilines is 2. The number of nitrogens with one attached hydrogen (secondary N) is 3. The van der Waals surface area contributed by atoms with Gasteiger partial charge in [0.05, 0.1) is 12.1 Å². The predicted octanol–water partition coefficient (Wildman–Crippen LogP) is 5.81. The number of benzene rings is 3. The van der Waals surface area contributed by atoms with Crippen molar-refractivity contribution in [1.82, 2.24) is 4.68 Å². The summed E-state index contributed by atoms with van der Waals surface area (Å²) in [6, 6.07) is 20.3. The van der Waals surface area contributed by atoms with E-state index in [1.807, 2.05) is 6.92 Å². The number of ether oxygens (including phenoxy) is 1. The predicted molar refractivity (Wildman–Crippen MR) is 144 cm³/mol. The molecule has 4 rings (SSSR count). The number of hydrogen-bond acceptors (Lipinski definition) is 4. The number of aromatic nitrogens is 1. The fourth-order valence-electron chi connectivity index (χ4n) is 3.40. The molecule has 0 unspecified atom stereocenters. The standard InChI is InChI=1S/C26H22BrClN4O4/c1-2-13-36-21-10-8-20(9-11-21)30-25(34)26(35)31-32-22-12-3-17(27)14-16(22)15-23(32)24(33)29-19-6-4-18(28)5-7-19/h3-12,14-15H,2,13H2,1H3,(H,29,33)(H,30,34)(H,31,35). The molecule has 0 aliphatic carbocycles. The summed E-state index contributed by atoms with van der Waals surface area (Å²) in [6.45, 7) is 2.59. The average molecular weight is 570 g/mol. The van der Waals surface area contributed by atoms with Crippen molar-refractivity contribution in [2.45, 2.75) is 13.3 Å². The zero-order valence-corrected chi connectivity index (χ0v) is 21.5. The van der Waals surface area contributed by atoms with Gasteiger partial charge in [0.15, 0.2) is 0 Å². The van der Waals surface area contributed by atoms with Crippen molar-refractivity contribution in [3.8, 4) is 5.75 Å². The van der Waals surface area contributed by atoms with E-state index in [0.29, 0.717) is 39.7 Å². The van der Waals surface area contributed by atoms with Crippen LogP contribution in [0.15, 0.2) is 77.3 Å². The van der Waals surface area contributed by atoms with E-state index in [1.54, 1.807) is 72.8 Å². The molecule has 10 heteroatoms. The lowest BCUT2D eigenvalue weighted by Crippen LogP contribution is -2.36. The van der Waals surface area contributed by atoms with Crippen molar-refractivity contribution < 1.29 is 19.1 Å².